The molecule has 0 unspecified atom stereocenters. The highest BCUT2D eigenvalue weighted by Gasteiger charge is 2.13. The number of hydrogen-bond acceptors (Lipinski definition) is 4. The van der Waals surface area contributed by atoms with Gasteiger partial charge in [-0.1, -0.05) is 55.0 Å². The molecule has 3 aromatic rings. The van der Waals surface area contributed by atoms with Crippen LogP contribution in [0.4, 0.5) is 0 Å². The number of nitrogens with one attached hydrogen (secondary N) is 1. The van der Waals surface area contributed by atoms with Crippen molar-refractivity contribution in [3.63, 3.8) is 0 Å². The third-order valence-corrected chi connectivity index (χ3v) is 5.05. The van der Waals surface area contributed by atoms with Gasteiger partial charge in [0.1, 0.15) is 5.75 Å². The fourth-order valence-electron chi connectivity index (χ4n) is 3.28. The molecular weight excluding hydrogens is 390 g/mol. The number of rotatable bonds is 8. The number of aryl methyl sites for hydroxylation is 1. The van der Waals surface area contributed by atoms with E-state index in [-0.39, 0.29) is 18.6 Å². The summed E-state index contributed by atoms with van der Waals surface area (Å²) >= 11 is 0. The third-order valence-electron chi connectivity index (χ3n) is 5.05. The van der Waals surface area contributed by atoms with Crippen molar-refractivity contribution in [1.29, 1.82) is 0 Å². The van der Waals surface area contributed by atoms with Gasteiger partial charge in [0.15, 0.2) is 6.61 Å². The van der Waals surface area contributed by atoms with E-state index in [0.717, 1.165) is 39.6 Å². The first kappa shape index (κ1) is 22.1. The maximum atomic E-state index is 12.2. The van der Waals surface area contributed by atoms with Gasteiger partial charge >= 0.3 is 5.97 Å². The lowest BCUT2D eigenvalue weighted by molar-refractivity contribution is -0.144. The smallest absolute Gasteiger partial charge is 0.331 e. The fraction of sp³-hybridized carbons (Fsp3) is 0.231. The topological polar surface area (TPSA) is 64.6 Å². The molecule has 3 rings (SSSR count). The minimum atomic E-state index is -0.562. The van der Waals surface area contributed by atoms with Crippen LogP contribution in [0, 0.1) is 6.92 Å². The fourth-order valence-corrected chi connectivity index (χ4v) is 3.28. The molecule has 0 aromatic heterocycles. The average molecular weight is 418 g/mol. The monoisotopic (exact) mass is 417 g/mol. The van der Waals surface area contributed by atoms with Crippen molar-refractivity contribution in [1.82, 2.24) is 5.32 Å². The van der Waals surface area contributed by atoms with Gasteiger partial charge in [-0.25, -0.2) is 4.79 Å². The molecule has 0 saturated carbocycles. The van der Waals surface area contributed by atoms with Crippen molar-refractivity contribution in [2.75, 3.05) is 13.7 Å². The Hall–Kier alpha value is -3.60. The summed E-state index contributed by atoms with van der Waals surface area (Å²) in [6.07, 6.45) is 3.75. The lowest BCUT2D eigenvalue weighted by atomic mass is 10.0. The quantitative estimate of drug-likeness (QED) is 0.415. The van der Waals surface area contributed by atoms with Crippen LogP contribution in [0.2, 0.25) is 0 Å². The Labute approximate surface area is 182 Å². The lowest BCUT2D eigenvalue weighted by Crippen LogP contribution is -2.32. The van der Waals surface area contributed by atoms with E-state index in [4.69, 9.17) is 9.47 Å². The Morgan fingerprint density at radius 2 is 1.71 bits per heavy atom. The zero-order chi connectivity index (χ0) is 22.2. The molecule has 0 aliphatic carbocycles. The molecule has 0 fully saturated rings. The maximum absolute atomic E-state index is 12.2. The molecule has 1 N–H and O–H groups in total. The zero-order valence-corrected chi connectivity index (χ0v) is 18.1. The third kappa shape index (κ3) is 6.19. The molecule has 31 heavy (non-hydrogen) atoms. The summed E-state index contributed by atoms with van der Waals surface area (Å²) < 4.78 is 10.3. The Kier molecular flexibility index (Phi) is 7.44. The number of carbonyl (C=O) groups is 2. The molecule has 0 heterocycles. The molecule has 160 valence electrons. The van der Waals surface area contributed by atoms with Gasteiger partial charge < -0.3 is 14.8 Å². The average Bonchev–Trinajstić information content (AvgIpc) is 2.80. The molecule has 1 amide bonds. The summed E-state index contributed by atoms with van der Waals surface area (Å²) in [5.41, 5.74) is 3.06. The van der Waals surface area contributed by atoms with Crippen molar-refractivity contribution < 1.29 is 19.1 Å². The van der Waals surface area contributed by atoms with Crippen molar-refractivity contribution in [3.05, 3.63) is 83.4 Å². The van der Waals surface area contributed by atoms with E-state index in [2.05, 4.69) is 5.32 Å². The number of hydrogen-bond donors (Lipinski definition) is 1. The summed E-state index contributed by atoms with van der Waals surface area (Å²) in [7, 11) is 1.63. The first-order chi connectivity index (χ1) is 15.0. The van der Waals surface area contributed by atoms with E-state index in [1.807, 2.05) is 74.5 Å². The minimum absolute atomic E-state index is 0.112. The van der Waals surface area contributed by atoms with Crippen molar-refractivity contribution in [2.24, 2.45) is 0 Å². The Bertz CT molecular complexity index is 1090. The van der Waals surface area contributed by atoms with Crippen LogP contribution < -0.4 is 10.1 Å². The van der Waals surface area contributed by atoms with Gasteiger partial charge in [0.25, 0.3) is 5.91 Å². The van der Waals surface area contributed by atoms with E-state index >= 15 is 0 Å². The summed E-state index contributed by atoms with van der Waals surface area (Å²) in [5.74, 6) is -0.0903. The van der Waals surface area contributed by atoms with Crippen LogP contribution in [0.3, 0.4) is 0 Å². The van der Waals surface area contributed by atoms with E-state index in [1.165, 1.54) is 6.08 Å². The molecule has 0 spiro atoms. The van der Waals surface area contributed by atoms with Crippen LogP contribution in [0.15, 0.2) is 66.7 Å². The van der Waals surface area contributed by atoms with Crippen LogP contribution in [0.1, 0.15) is 36.1 Å². The molecule has 5 nitrogen and oxygen atoms in total. The summed E-state index contributed by atoms with van der Waals surface area (Å²) in [4.78, 5) is 24.2. The number of esters is 1. The predicted molar refractivity (Wildman–Crippen MR) is 123 cm³/mol. The highest BCUT2D eigenvalue weighted by atomic mass is 16.5. The molecule has 5 heteroatoms. The SMILES string of the molecule is CC[C@@H](NC(=O)COC(=O)/C=C/c1ccc2cc(OC)ccc2c1)c1ccc(C)cc1. The molecule has 3 aromatic carbocycles. The summed E-state index contributed by atoms with van der Waals surface area (Å²) in [6.45, 7) is 3.70. The normalized spacial score (nSPS) is 12.0. The largest absolute Gasteiger partial charge is 0.497 e. The van der Waals surface area contributed by atoms with Crippen LogP contribution >= 0.6 is 0 Å². The van der Waals surface area contributed by atoms with Crippen LogP contribution in [-0.4, -0.2) is 25.6 Å². The number of benzene rings is 3. The van der Waals surface area contributed by atoms with E-state index in [0.29, 0.717) is 0 Å². The van der Waals surface area contributed by atoms with Gasteiger partial charge in [-0.05, 0) is 59.5 Å². The minimum Gasteiger partial charge on any atom is -0.497 e. The van der Waals surface area contributed by atoms with Crippen LogP contribution in [0.25, 0.3) is 16.8 Å². The van der Waals surface area contributed by atoms with Gasteiger partial charge in [0, 0.05) is 6.08 Å². The van der Waals surface area contributed by atoms with Gasteiger partial charge in [0.05, 0.1) is 13.2 Å². The van der Waals surface area contributed by atoms with Gasteiger partial charge in [-0.3, -0.25) is 4.79 Å². The second-order valence-corrected chi connectivity index (χ2v) is 7.35. The highest BCUT2D eigenvalue weighted by Crippen LogP contribution is 2.22. The number of fused-ring (bicyclic) bond motifs is 1. The van der Waals surface area contributed by atoms with E-state index < -0.39 is 5.97 Å². The highest BCUT2D eigenvalue weighted by molar-refractivity contribution is 5.91. The van der Waals surface area contributed by atoms with Gasteiger partial charge in [-0.2, -0.15) is 0 Å². The van der Waals surface area contributed by atoms with Gasteiger partial charge in [-0.15, -0.1) is 0 Å². The number of amides is 1. The Morgan fingerprint density at radius 1 is 1.00 bits per heavy atom. The molecule has 0 bridgehead atoms. The standard InChI is InChI=1S/C26H27NO4/c1-4-24(20-9-5-18(2)6-10-20)27-25(28)17-31-26(29)14-8-19-7-11-22-16-23(30-3)13-12-21(22)15-19/h5-16,24H,4,17H2,1-3H3,(H,27,28)/b14-8+/t24-/m1/s1. The van der Waals surface area contributed by atoms with Crippen molar-refractivity contribution in [2.45, 2.75) is 26.3 Å². The second-order valence-electron chi connectivity index (χ2n) is 7.35. The Morgan fingerprint density at radius 3 is 2.42 bits per heavy atom. The van der Waals surface area contributed by atoms with Crippen LogP contribution in [0.5, 0.6) is 5.75 Å². The molecular formula is C26H27NO4. The number of ether oxygens (including phenoxy) is 2. The first-order valence-electron chi connectivity index (χ1n) is 10.3. The maximum Gasteiger partial charge on any atom is 0.331 e. The van der Waals surface area contributed by atoms with Crippen LogP contribution in [-0.2, 0) is 14.3 Å². The first-order valence-corrected chi connectivity index (χ1v) is 10.3. The van der Waals surface area contributed by atoms with E-state index in [9.17, 15) is 9.59 Å². The molecule has 0 radical (unpaired) electrons. The molecule has 1 atom stereocenters. The van der Waals surface area contributed by atoms with Gasteiger partial charge in [0.2, 0.25) is 0 Å². The predicted octanol–water partition coefficient (Wildman–Crippen LogP) is 4.98. The molecule has 0 aliphatic heterocycles. The number of methoxy groups -OCH3 is 1. The lowest BCUT2D eigenvalue weighted by Gasteiger charge is -2.17. The van der Waals surface area contributed by atoms with Crippen molar-refractivity contribution >= 4 is 28.7 Å². The molecule has 0 aliphatic rings. The second kappa shape index (κ2) is 10.4. The van der Waals surface area contributed by atoms with E-state index in [1.54, 1.807) is 13.2 Å². The number of carbonyl (C=O) groups excluding carboxylic acids is 2. The Balaban J connectivity index is 1.53. The summed E-state index contributed by atoms with van der Waals surface area (Å²) in [5, 5.41) is 5.00. The molecule has 0 saturated heterocycles. The van der Waals surface area contributed by atoms with Crippen molar-refractivity contribution in [3.8, 4) is 5.75 Å². The summed E-state index contributed by atoms with van der Waals surface area (Å²) in [6, 6.07) is 19.6. The zero-order valence-electron chi connectivity index (χ0n) is 18.1.